The minimum absolute atomic E-state index is 0.0369. The molecule has 0 aliphatic carbocycles. The van der Waals surface area contributed by atoms with E-state index in [0.717, 1.165) is 12.0 Å². The number of aromatic nitrogens is 3. The second-order valence-corrected chi connectivity index (χ2v) is 13.4. The van der Waals surface area contributed by atoms with Gasteiger partial charge in [-0.3, -0.25) is 19.1 Å². The molecule has 1 saturated heterocycles. The summed E-state index contributed by atoms with van der Waals surface area (Å²) in [6.45, 7) is 9.63. The molecule has 0 spiro atoms. The van der Waals surface area contributed by atoms with Gasteiger partial charge < -0.3 is 19.4 Å². The Balaban J connectivity index is 1.80. The van der Waals surface area contributed by atoms with Gasteiger partial charge in [-0.05, 0) is 75.5 Å². The lowest BCUT2D eigenvalue weighted by atomic mass is 9.90. The van der Waals surface area contributed by atoms with Crippen molar-refractivity contribution in [2.24, 2.45) is 5.92 Å². The van der Waals surface area contributed by atoms with E-state index in [-0.39, 0.29) is 39.4 Å². The van der Waals surface area contributed by atoms with Crippen LogP contribution in [0.2, 0.25) is 5.02 Å². The fraction of sp³-hybridized carbons (Fsp3) is 0.429. The molecule has 11 heteroatoms. The Kier molecular flexibility index (Phi) is 8.54. The second kappa shape index (κ2) is 12.3. The summed E-state index contributed by atoms with van der Waals surface area (Å²) in [7, 11) is 5.35. The lowest BCUT2D eigenvalue weighted by molar-refractivity contribution is -0.120. The van der Waals surface area contributed by atoms with E-state index in [4.69, 9.17) is 26.3 Å². The number of methoxy groups -OCH3 is 1. The molecular formula is C35H40ClFN6O3. The lowest BCUT2D eigenvalue weighted by Gasteiger charge is -2.47. The van der Waals surface area contributed by atoms with Gasteiger partial charge in [-0.2, -0.15) is 0 Å². The van der Waals surface area contributed by atoms with Crippen LogP contribution in [0.5, 0.6) is 5.75 Å². The predicted molar refractivity (Wildman–Crippen MR) is 181 cm³/mol. The summed E-state index contributed by atoms with van der Waals surface area (Å²) in [6.07, 6.45) is 3.31. The average molecular weight is 647 g/mol. The molecule has 9 nitrogen and oxygen atoms in total. The highest BCUT2D eigenvalue weighted by atomic mass is 35.5. The number of fused-ring (bicyclic) bond motifs is 5. The number of hydrogen-bond donors (Lipinski definition) is 0. The summed E-state index contributed by atoms with van der Waals surface area (Å²) in [5, 5.41) is 0.812. The van der Waals surface area contributed by atoms with Crippen LogP contribution in [0.3, 0.4) is 0 Å². The summed E-state index contributed by atoms with van der Waals surface area (Å²) in [6, 6.07) is 7.74. The fourth-order valence-electron chi connectivity index (χ4n) is 6.83. The smallest absolute Gasteiger partial charge is 0.283 e. The highest BCUT2D eigenvalue weighted by Crippen LogP contribution is 2.46. The maximum atomic E-state index is 15.5. The number of nitrogens with zero attached hydrogens (tertiary/aromatic N) is 6. The molecule has 2 aliphatic heterocycles. The van der Waals surface area contributed by atoms with Crippen molar-refractivity contribution < 1.29 is 13.9 Å². The molecule has 46 heavy (non-hydrogen) atoms. The molecule has 0 bridgehead atoms. The third-order valence-electron chi connectivity index (χ3n) is 9.11. The van der Waals surface area contributed by atoms with E-state index in [2.05, 4.69) is 11.8 Å². The molecule has 1 amide bonds. The molecule has 0 radical (unpaired) electrons. The van der Waals surface area contributed by atoms with Gasteiger partial charge in [0.15, 0.2) is 5.65 Å². The van der Waals surface area contributed by atoms with E-state index < -0.39 is 11.9 Å². The van der Waals surface area contributed by atoms with Gasteiger partial charge in [-0.25, -0.2) is 9.37 Å². The first-order chi connectivity index (χ1) is 21.9. The first-order valence-electron chi connectivity index (χ1n) is 15.7. The molecule has 1 aromatic carbocycles. The van der Waals surface area contributed by atoms with Crippen LogP contribution in [-0.4, -0.2) is 72.2 Å². The molecule has 0 N–H and O–H groups in total. The van der Waals surface area contributed by atoms with Crippen molar-refractivity contribution >= 4 is 39.9 Å². The van der Waals surface area contributed by atoms with E-state index in [1.807, 2.05) is 45.8 Å². The molecule has 0 unspecified atom stereocenters. The largest absolute Gasteiger partial charge is 0.496 e. The number of pyridine rings is 3. The Morgan fingerprint density at radius 1 is 1.13 bits per heavy atom. The van der Waals surface area contributed by atoms with Crippen LogP contribution >= 0.6 is 11.6 Å². The number of amides is 1. The number of rotatable bonds is 7. The van der Waals surface area contributed by atoms with Gasteiger partial charge in [-0.1, -0.05) is 38.4 Å². The van der Waals surface area contributed by atoms with Gasteiger partial charge >= 0.3 is 0 Å². The molecule has 5 heterocycles. The number of likely N-dealkylation sites (N-methyl/N-ethyl adjacent to an activating group) is 1. The van der Waals surface area contributed by atoms with E-state index in [9.17, 15) is 4.79 Å². The Bertz CT molecular complexity index is 1910. The fourth-order valence-corrected chi connectivity index (χ4v) is 7.08. The van der Waals surface area contributed by atoms with Crippen LogP contribution in [-0.2, 0) is 4.79 Å². The van der Waals surface area contributed by atoms with Crippen molar-refractivity contribution in [3.63, 3.8) is 0 Å². The van der Waals surface area contributed by atoms with Crippen molar-refractivity contribution in [2.75, 3.05) is 50.6 Å². The normalized spacial score (nSPS) is 18.0. The molecule has 3 aromatic heterocycles. The Hall–Kier alpha value is -4.02. The van der Waals surface area contributed by atoms with Gasteiger partial charge in [0, 0.05) is 31.2 Å². The zero-order valence-electron chi connectivity index (χ0n) is 27.4. The monoisotopic (exact) mass is 646 g/mol. The Morgan fingerprint density at radius 2 is 1.89 bits per heavy atom. The Labute approximate surface area is 273 Å². The molecule has 1 fully saturated rings. The highest BCUT2D eigenvalue weighted by Gasteiger charge is 2.44. The number of hydrogen-bond acceptors (Lipinski definition) is 7. The number of piperidine rings is 1. The second-order valence-electron chi connectivity index (χ2n) is 13.0. The van der Waals surface area contributed by atoms with Crippen molar-refractivity contribution in [3.8, 4) is 22.7 Å². The number of benzene rings is 1. The van der Waals surface area contributed by atoms with Crippen LogP contribution in [0.25, 0.3) is 28.0 Å². The molecule has 6 rings (SSSR count). The van der Waals surface area contributed by atoms with Crippen LogP contribution in [0.15, 0.2) is 41.3 Å². The molecular weight excluding hydrogens is 607 g/mol. The molecule has 2 aliphatic rings. The summed E-state index contributed by atoms with van der Waals surface area (Å²) in [5.41, 5.74) is 3.24. The first kappa shape index (κ1) is 31.9. The minimum Gasteiger partial charge on any atom is -0.496 e. The van der Waals surface area contributed by atoms with E-state index in [1.54, 1.807) is 33.9 Å². The molecule has 2 atom stereocenters. The molecule has 0 saturated carbocycles. The number of anilines is 2. The van der Waals surface area contributed by atoms with Crippen molar-refractivity contribution in [1.82, 2.24) is 19.4 Å². The van der Waals surface area contributed by atoms with Gasteiger partial charge in [0.2, 0.25) is 5.91 Å². The topological polar surface area (TPSA) is 83.8 Å². The highest BCUT2D eigenvalue weighted by molar-refractivity contribution is 6.34. The van der Waals surface area contributed by atoms with Crippen LogP contribution in [0, 0.1) is 18.7 Å². The number of carbonyl (C=O) groups is 1. The number of aryl methyl sites for hydroxylation is 1. The van der Waals surface area contributed by atoms with Crippen molar-refractivity contribution in [1.29, 1.82) is 0 Å². The number of ether oxygens (including phenoxy) is 1. The molecule has 4 aromatic rings. The molecule has 242 valence electrons. The third kappa shape index (κ3) is 5.21. The minimum atomic E-state index is -0.550. The quantitative estimate of drug-likeness (QED) is 0.237. The summed E-state index contributed by atoms with van der Waals surface area (Å²) in [5.74, 6) is -0.0912. The average Bonchev–Trinajstić information content (AvgIpc) is 3.01. The number of carbonyl (C=O) groups excluding carboxylic acids is 1. The predicted octanol–water partition coefficient (Wildman–Crippen LogP) is 6.19. The number of halogens is 2. The zero-order valence-corrected chi connectivity index (χ0v) is 28.2. The summed E-state index contributed by atoms with van der Waals surface area (Å²) < 4.78 is 22.6. The van der Waals surface area contributed by atoms with Crippen molar-refractivity contribution in [3.05, 3.63) is 69.0 Å². The Morgan fingerprint density at radius 3 is 2.59 bits per heavy atom. The van der Waals surface area contributed by atoms with Crippen LogP contribution < -0.4 is 20.1 Å². The van der Waals surface area contributed by atoms with Crippen molar-refractivity contribution in [2.45, 2.75) is 52.5 Å². The summed E-state index contributed by atoms with van der Waals surface area (Å²) >= 11 is 7.01. The van der Waals surface area contributed by atoms with E-state index in [1.165, 1.54) is 13.2 Å². The summed E-state index contributed by atoms with van der Waals surface area (Å²) in [4.78, 5) is 44.9. The van der Waals surface area contributed by atoms with Crippen LogP contribution in [0.1, 0.15) is 50.8 Å². The SMILES string of the molecule is COc1cccc(F)c1-c1nc2c(cc1Cl)c1c(c(=O)n2-c2c(C)ccnc2C(C)C)N(CCN(C)C)C(=O)[C@H]2CC[C@H](C)CN12. The first-order valence-corrected chi connectivity index (χ1v) is 16.1. The maximum Gasteiger partial charge on any atom is 0.283 e. The maximum absolute atomic E-state index is 15.5. The zero-order chi connectivity index (χ0) is 33.0. The van der Waals surface area contributed by atoms with Gasteiger partial charge in [0.25, 0.3) is 5.56 Å². The third-order valence-corrected chi connectivity index (χ3v) is 9.39. The van der Waals surface area contributed by atoms with Gasteiger partial charge in [0.1, 0.15) is 23.3 Å². The van der Waals surface area contributed by atoms with Gasteiger partial charge in [0.05, 0.1) is 40.5 Å². The lowest BCUT2D eigenvalue weighted by Crippen LogP contribution is -2.59. The van der Waals surface area contributed by atoms with Crippen LogP contribution in [0.4, 0.5) is 15.8 Å². The van der Waals surface area contributed by atoms with E-state index >= 15 is 9.18 Å². The van der Waals surface area contributed by atoms with Gasteiger partial charge in [-0.15, -0.1) is 0 Å². The standard InChI is InChI=1S/C35H40ClFN6O3/c1-19(2)28-30(21(4)13-14-38-28)43-33-22(17-23(36)29(39-33)27-24(37)9-8-10-26(27)46-7)31-32(35(43)45)41(16-15-40(5)6)34(44)25-12-11-20(3)18-42(25)31/h8-10,13-14,17,19-20,25H,11-12,15-16,18H2,1-7H3/t20-,25+/m0/s1. The van der Waals surface area contributed by atoms with E-state index in [0.29, 0.717) is 65.8 Å².